The van der Waals surface area contributed by atoms with E-state index in [4.69, 9.17) is 0 Å². The molecule has 4 heteroatoms. The summed E-state index contributed by atoms with van der Waals surface area (Å²) in [7, 11) is 0. The van der Waals surface area contributed by atoms with Crippen LogP contribution in [0.3, 0.4) is 0 Å². The van der Waals surface area contributed by atoms with Crippen LogP contribution in [0, 0.1) is 11.6 Å². The molecule has 18 heavy (non-hydrogen) atoms. The smallest absolute Gasteiger partial charge is 0.162 e. The Labute approximate surface area is 118 Å². The van der Waals surface area contributed by atoms with Crippen LogP contribution in [0.25, 0.3) is 0 Å². The van der Waals surface area contributed by atoms with Crippen LogP contribution in [-0.4, -0.2) is 0 Å². The predicted octanol–water partition coefficient (Wildman–Crippen LogP) is 5.27. The first-order valence-corrected chi connectivity index (χ1v) is 7.50. The van der Waals surface area contributed by atoms with Crippen LogP contribution in [0.15, 0.2) is 30.3 Å². The molecule has 0 aliphatic carbocycles. The van der Waals surface area contributed by atoms with Gasteiger partial charge in [-0.1, -0.05) is 35.0 Å². The Balaban J connectivity index is 2.15. The third-order valence-electron chi connectivity index (χ3n) is 2.77. The number of rotatable bonds is 4. The molecule has 1 aromatic carbocycles. The zero-order valence-electron chi connectivity index (χ0n) is 9.92. The van der Waals surface area contributed by atoms with E-state index in [1.54, 1.807) is 23.5 Å². The van der Waals surface area contributed by atoms with E-state index in [1.807, 2.05) is 6.07 Å². The largest absolute Gasteiger partial charge is 0.204 e. The Kier molecular flexibility index (Phi) is 4.51. The van der Waals surface area contributed by atoms with Crippen molar-refractivity contribution in [2.45, 2.75) is 24.6 Å². The maximum atomic E-state index is 13.6. The average molecular weight is 331 g/mol. The highest BCUT2D eigenvalue weighted by Crippen LogP contribution is 2.33. The van der Waals surface area contributed by atoms with Gasteiger partial charge in [-0.3, -0.25) is 0 Å². The second-order valence-corrected chi connectivity index (χ2v) is 6.35. The number of halogens is 3. The molecule has 0 N–H and O–H groups in total. The fourth-order valence-corrected chi connectivity index (χ4v) is 3.46. The van der Waals surface area contributed by atoms with Gasteiger partial charge in [-0.05, 0) is 36.6 Å². The summed E-state index contributed by atoms with van der Waals surface area (Å²) in [6.07, 6.45) is 1.45. The molecule has 1 atom stereocenters. The van der Waals surface area contributed by atoms with Crippen molar-refractivity contribution in [1.29, 1.82) is 0 Å². The SMILES string of the molecule is CCc1ccc(C(Br)Cc2cccc(F)c2F)s1. The minimum atomic E-state index is -0.785. The van der Waals surface area contributed by atoms with Crippen molar-refractivity contribution < 1.29 is 8.78 Å². The second-order valence-electron chi connectivity index (χ2n) is 4.04. The fourth-order valence-electron chi connectivity index (χ4n) is 1.75. The molecular weight excluding hydrogens is 318 g/mol. The van der Waals surface area contributed by atoms with E-state index in [0.29, 0.717) is 12.0 Å². The highest BCUT2D eigenvalue weighted by molar-refractivity contribution is 9.09. The van der Waals surface area contributed by atoms with Crippen LogP contribution < -0.4 is 0 Å². The van der Waals surface area contributed by atoms with Crippen molar-refractivity contribution in [2.24, 2.45) is 0 Å². The molecule has 0 amide bonds. The quantitative estimate of drug-likeness (QED) is 0.670. The topological polar surface area (TPSA) is 0 Å². The van der Waals surface area contributed by atoms with Gasteiger partial charge in [-0.25, -0.2) is 8.78 Å². The van der Waals surface area contributed by atoms with E-state index in [2.05, 4.69) is 28.9 Å². The van der Waals surface area contributed by atoms with Crippen molar-refractivity contribution in [1.82, 2.24) is 0 Å². The Morgan fingerprint density at radius 2 is 2.00 bits per heavy atom. The third kappa shape index (κ3) is 2.98. The Morgan fingerprint density at radius 1 is 1.22 bits per heavy atom. The average Bonchev–Trinajstić information content (AvgIpc) is 2.83. The van der Waals surface area contributed by atoms with E-state index in [0.717, 1.165) is 17.4 Å². The van der Waals surface area contributed by atoms with Gasteiger partial charge < -0.3 is 0 Å². The summed E-state index contributed by atoms with van der Waals surface area (Å²) in [5.41, 5.74) is 0.406. The molecule has 1 heterocycles. The normalized spacial score (nSPS) is 12.7. The van der Waals surface area contributed by atoms with Crippen molar-refractivity contribution in [2.75, 3.05) is 0 Å². The van der Waals surface area contributed by atoms with E-state index in [1.165, 1.54) is 4.88 Å². The maximum absolute atomic E-state index is 13.6. The van der Waals surface area contributed by atoms with Crippen molar-refractivity contribution in [3.05, 3.63) is 57.3 Å². The van der Waals surface area contributed by atoms with Crippen molar-refractivity contribution in [3.63, 3.8) is 0 Å². The minimum Gasteiger partial charge on any atom is -0.204 e. The van der Waals surface area contributed by atoms with Gasteiger partial charge in [-0.15, -0.1) is 11.3 Å². The third-order valence-corrected chi connectivity index (χ3v) is 5.23. The zero-order chi connectivity index (χ0) is 13.1. The molecule has 0 aliphatic heterocycles. The number of thiophene rings is 1. The molecule has 0 saturated carbocycles. The standard InChI is InChI=1S/C14H13BrF2S/c1-2-10-6-7-13(18-10)11(15)8-9-4-3-5-12(16)14(9)17/h3-7,11H,2,8H2,1H3. The molecule has 1 aromatic heterocycles. The zero-order valence-corrected chi connectivity index (χ0v) is 12.3. The highest BCUT2D eigenvalue weighted by atomic mass is 79.9. The molecule has 0 fully saturated rings. The van der Waals surface area contributed by atoms with Crippen molar-refractivity contribution in [3.8, 4) is 0 Å². The number of alkyl halides is 1. The molecule has 0 radical (unpaired) electrons. The number of benzene rings is 1. The molecular formula is C14H13BrF2S. The first-order valence-electron chi connectivity index (χ1n) is 5.77. The van der Waals surface area contributed by atoms with E-state index >= 15 is 0 Å². The number of aryl methyl sites for hydroxylation is 1. The number of hydrogen-bond acceptors (Lipinski definition) is 1. The molecule has 2 rings (SSSR count). The summed E-state index contributed by atoms with van der Waals surface area (Å²) in [5.74, 6) is -1.53. The molecule has 0 saturated heterocycles. The molecule has 1 unspecified atom stereocenters. The first kappa shape index (κ1) is 13.7. The Morgan fingerprint density at radius 3 is 2.67 bits per heavy atom. The van der Waals surface area contributed by atoms with Gasteiger partial charge >= 0.3 is 0 Å². The summed E-state index contributed by atoms with van der Waals surface area (Å²) in [4.78, 5) is 2.48. The molecule has 0 bridgehead atoms. The molecule has 0 aliphatic rings. The molecule has 0 spiro atoms. The lowest BCUT2D eigenvalue weighted by Crippen LogP contribution is -1.98. The summed E-state index contributed by atoms with van der Waals surface area (Å²) in [6.45, 7) is 2.10. The van der Waals surface area contributed by atoms with Crippen LogP contribution >= 0.6 is 27.3 Å². The van der Waals surface area contributed by atoms with E-state index < -0.39 is 11.6 Å². The first-order chi connectivity index (χ1) is 8.61. The minimum absolute atomic E-state index is 0.0269. The molecule has 96 valence electrons. The van der Waals surface area contributed by atoms with Crippen molar-refractivity contribution >= 4 is 27.3 Å². The summed E-state index contributed by atoms with van der Waals surface area (Å²) in [5, 5.41) is 0. The van der Waals surface area contributed by atoms with Crippen LogP contribution in [-0.2, 0) is 12.8 Å². The van der Waals surface area contributed by atoms with Crippen LogP contribution in [0.2, 0.25) is 0 Å². The predicted molar refractivity (Wildman–Crippen MR) is 75.4 cm³/mol. The Hall–Kier alpha value is -0.740. The van der Waals surface area contributed by atoms with Gasteiger partial charge in [0.05, 0.1) is 4.83 Å². The van der Waals surface area contributed by atoms with Gasteiger partial charge in [-0.2, -0.15) is 0 Å². The summed E-state index contributed by atoms with van der Waals surface area (Å²) < 4.78 is 26.7. The van der Waals surface area contributed by atoms with Crippen LogP contribution in [0.5, 0.6) is 0 Å². The Bertz CT molecular complexity index is 536. The van der Waals surface area contributed by atoms with Crippen LogP contribution in [0.4, 0.5) is 8.78 Å². The van der Waals surface area contributed by atoms with E-state index in [9.17, 15) is 8.78 Å². The summed E-state index contributed by atoms with van der Waals surface area (Å²) >= 11 is 5.25. The van der Waals surface area contributed by atoms with Crippen LogP contribution in [0.1, 0.15) is 27.1 Å². The highest BCUT2D eigenvalue weighted by Gasteiger charge is 2.15. The lowest BCUT2D eigenvalue weighted by molar-refractivity contribution is 0.498. The van der Waals surface area contributed by atoms with Gasteiger partial charge in [0.15, 0.2) is 11.6 Å². The summed E-state index contributed by atoms with van der Waals surface area (Å²) in [6, 6.07) is 8.43. The molecule has 2 aromatic rings. The van der Waals surface area contributed by atoms with Gasteiger partial charge in [0.25, 0.3) is 0 Å². The molecule has 0 nitrogen and oxygen atoms in total. The van der Waals surface area contributed by atoms with Gasteiger partial charge in [0, 0.05) is 9.75 Å². The maximum Gasteiger partial charge on any atom is 0.162 e. The number of hydrogen-bond donors (Lipinski definition) is 0. The fraction of sp³-hybridized carbons (Fsp3) is 0.286. The van der Waals surface area contributed by atoms with Gasteiger partial charge in [0.2, 0.25) is 0 Å². The lowest BCUT2D eigenvalue weighted by Gasteiger charge is -2.09. The second kappa shape index (κ2) is 5.93. The monoisotopic (exact) mass is 330 g/mol. The lowest BCUT2D eigenvalue weighted by atomic mass is 10.1. The van der Waals surface area contributed by atoms with Gasteiger partial charge in [0.1, 0.15) is 0 Å². The van der Waals surface area contributed by atoms with E-state index in [-0.39, 0.29) is 4.83 Å².